The molecule has 4 aromatic rings. The summed E-state index contributed by atoms with van der Waals surface area (Å²) in [4.78, 5) is 28.9. The Morgan fingerprint density at radius 2 is 2.00 bits per heavy atom. The van der Waals surface area contributed by atoms with Crippen LogP contribution in [0.1, 0.15) is 25.0 Å². The number of aliphatic carboxylic acids is 1. The quantitative estimate of drug-likeness (QED) is 0.362. The lowest BCUT2D eigenvalue weighted by Crippen LogP contribution is -2.13. The van der Waals surface area contributed by atoms with Crippen molar-refractivity contribution in [3.63, 3.8) is 0 Å². The van der Waals surface area contributed by atoms with Gasteiger partial charge in [-0.25, -0.2) is 14.6 Å². The van der Waals surface area contributed by atoms with E-state index in [9.17, 15) is 4.79 Å². The summed E-state index contributed by atoms with van der Waals surface area (Å²) in [6.45, 7) is 0.888. The van der Waals surface area contributed by atoms with Gasteiger partial charge in [0.25, 0.3) is 0 Å². The van der Waals surface area contributed by atoms with Gasteiger partial charge < -0.3 is 15.2 Å². The van der Waals surface area contributed by atoms with Crippen LogP contribution in [0.25, 0.3) is 22.8 Å². The Bertz CT molecular complexity index is 1330. The van der Waals surface area contributed by atoms with Crippen molar-refractivity contribution >= 4 is 11.9 Å². The molecule has 11 nitrogen and oxygen atoms in total. The van der Waals surface area contributed by atoms with E-state index < -0.39 is 5.97 Å². The third kappa shape index (κ3) is 5.29. The van der Waals surface area contributed by atoms with Crippen molar-refractivity contribution in [1.29, 1.82) is 0 Å². The van der Waals surface area contributed by atoms with Crippen LogP contribution >= 0.6 is 0 Å². The number of aryl methyl sites for hydroxylation is 1. The van der Waals surface area contributed by atoms with Gasteiger partial charge in [0.05, 0.1) is 48.0 Å². The summed E-state index contributed by atoms with van der Waals surface area (Å²) in [5, 5.41) is 20.9. The largest absolute Gasteiger partial charge is 0.492 e. The maximum atomic E-state index is 11.1. The van der Waals surface area contributed by atoms with Gasteiger partial charge in [-0.2, -0.15) is 0 Å². The summed E-state index contributed by atoms with van der Waals surface area (Å²) in [6.07, 6.45) is 7.31. The highest BCUT2D eigenvalue weighted by atomic mass is 16.5. The number of pyridine rings is 2. The molecule has 0 aliphatic heterocycles. The predicted octanol–water partition coefficient (Wildman–Crippen LogP) is 3.22. The Morgan fingerprint density at radius 3 is 2.75 bits per heavy atom. The molecule has 0 radical (unpaired) electrons. The van der Waals surface area contributed by atoms with Crippen LogP contribution in [-0.2, 0) is 18.4 Å². The van der Waals surface area contributed by atoms with Crippen molar-refractivity contribution in [3.8, 4) is 28.5 Å². The molecule has 4 aromatic heterocycles. The Labute approximate surface area is 207 Å². The molecule has 4 heterocycles. The van der Waals surface area contributed by atoms with Crippen molar-refractivity contribution in [2.45, 2.75) is 25.8 Å². The molecule has 1 saturated carbocycles. The molecule has 0 amide bonds. The molecule has 184 valence electrons. The zero-order valence-electron chi connectivity index (χ0n) is 19.8. The number of hydrogen-bond acceptors (Lipinski definition) is 9. The lowest BCUT2D eigenvalue weighted by Gasteiger charge is -2.12. The van der Waals surface area contributed by atoms with E-state index >= 15 is 0 Å². The fourth-order valence-electron chi connectivity index (χ4n) is 4.31. The smallest absolute Gasteiger partial charge is 0.306 e. The van der Waals surface area contributed by atoms with Gasteiger partial charge in [0.1, 0.15) is 11.4 Å². The number of ether oxygens (including phenoxy) is 1. The second-order valence-electron chi connectivity index (χ2n) is 8.75. The highest BCUT2D eigenvalue weighted by molar-refractivity contribution is 5.70. The topological polar surface area (TPSA) is 141 Å². The molecule has 0 bridgehead atoms. The SMILES string of the molecule is Cn1nnc(-c2ccc(OCC3CCC(C(=O)O)C3)cn2)c1CNc1nccc(-c2ccccn2)n1. The van der Waals surface area contributed by atoms with Crippen LogP contribution in [0.2, 0.25) is 0 Å². The van der Waals surface area contributed by atoms with Crippen molar-refractivity contribution < 1.29 is 14.6 Å². The first-order valence-corrected chi connectivity index (χ1v) is 11.8. The summed E-state index contributed by atoms with van der Waals surface area (Å²) >= 11 is 0. The average molecular weight is 487 g/mol. The van der Waals surface area contributed by atoms with E-state index in [1.165, 1.54) is 0 Å². The molecule has 2 atom stereocenters. The minimum absolute atomic E-state index is 0.252. The Kier molecular flexibility index (Phi) is 6.78. The monoisotopic (exact) mass is 486 g/mol. The Hall–Kier alpha value is -4.41. The highest BCUT2D eigenvalue weighted by Gasteiger charge is 2.30. The Morgan fingerprint density at radius 1 is 1.08 bits per heavy atom. The molecular formula is C25H26N8O3. The molecule has 0 spiro atoms. The molecule has 0 saturated heterocycles. The molecule has 36 heavy (non-hydrogen) atoms. The van der Waals surface area contributed by atoms with Crippen LogP contribution in [0.15, 0.2) is 55.0 Å². The molecule has 2 unspecified atom stereocenters. The summed E-state index contributed by atoms with van der Waals surface area (Å²) in [7, 11) is 1.82. The number of carboxylic acids is 1. The molecule has 1 aliphatic carbocycles. The molecule has 11 heteroatoms. The van der Waals surface area contributed by atoms with Crippen LogP contribution in [-0.4, -0.2) is 52.6 Å². The minimum Gasteiger partial charge on any atom is -0.492 e. The first kappa shape index (κ1) is 23.3. The van der Waals surface area contributed by atoms with E-state index in [0.717, 1.165) is 23.5 Å². The number of carboxylic acid groups (broad SMARTS) is 1. The zero-order chi connectivity index (χ0) is 24.9. The summed E-state index contributed by atoms with van der Waals surface area (Å²) in [5.74, 6) is 0.387. The van der Waals surface area contributed by atoms with Gasteiger partial charge in [-0.3, -0.25) is 14.8 Å². The van der Waals surface area contributed by atoms with Gasteiger partial charge in [0.2, 0.25) is 5.95 Å². The third-order valence-corrected chi connectivity index (χ3v) is 6.29. The van der Waals surface area contributed by atoms with E-state index in [4.69, 9.17) is 9.84 Å². The molecular weight excluding hydrogens is 460 g/mol. The van der Waals surface area contributed by atoms with Crippen molar-refractivity contribution in [3.05, 3.63) is 60.7 Å². The van der Waals surface area contributed by atoms with Gasteiger partial charge in [-0.05, 0) is 55.5 Å². The molecule has 5 rings (SSSR count). The van der Waals surface area contributed by atoms with Gasteiger partial charge in [0, 0.05) is 19.4 Å². The van der Waals surface area contributed by atoms with E-state index in [0.29, 0.717) is 49.1 Å². The van der Waals surface area contributed by atoms with Crippen molar-refractivity contribution in [1.82, 2.24) is 34.9 Å². The first-order chi connectivity index (χ1) is 17.6. The molecule has 2 N–H and O–H groups in total. The maximum Gasteiger partial charge on any atom is 0.306 e. The number of aromatic nitrogens is 7. The first-order valence-electron chi connectivity index (χ1n) is 11.8. The number of nitrogens with zero attached hydrogens (tertiary/aromatic N) is 7. The second kappa shape index (κ2) is 10.5. The van der Waals surface area contributed by atoms with Crippen LogP contribution in [0.5, 0.6) is 5.75 Å². The zero-order valence-corrected chi connectivity index (χ0v) is 19.8. The molecule has 1 aliphatic rings. The van der Waals surface area contributed by atoms with Crippen molar-refractivity contribution in [2.24, 2.45) is 18.9 Å². The summed E-state index contributed by atoms with van der Waals surface area (Å²) in [5.41, 5.74) is 3.64. The van der Waals surface area contributed by atoms with Crippen LogP contribution in [0.3, 0.4) is 0 Å². The number of anilines is 1. The van der Waals surface area contributed by atoms with E-state index in [1.54, 1.807) is 23.3 Å². The lowest BCUT2D eigenvalue weighted by molar-refractivity contribution is -0.141. The summed E-state index contributed by atoms with van der Waals surface area (Å²) < 4.78 is 7.56. The van der Waals surface area contributed by atoms with Crippen molar-refractivity contribution in [2.75, 3.05) is 11.9 Å². The number of nitrogens with one attached hydrogen (secondary N) is 1. The van der Waals surface area contributed by atoms with E-state index in [-0.39, 0.29) is 11.8 Å². The van der Waals surface area contributed by atoms with Crippen LogP contribution in [0, 0.1) is 11.8 Å². The lowest BCUT2D eigenvalue weighted by atomic mass is 10.1. The van der Waals surface area contributed by atoms with E-state index in [1.807, 2.05) is 43.4 Å². The van der Waals surface area contributed by atoms with Gasteiger partial charge >= 0.3 is 5.97 Å². The average Bonchev–Trinajstić information content (AvgIpc) is 3.54. The number of rotatable bonds is 9. The number of carbonyl (C=O) groups is 1. The predicted molar refractivity (Wildman–Crippen MR) is 131 cm³/mol. The third-order valence-electron chi connectivity index (χ3n) is 6.29. The van der Waals surface area contributed by atoms with E-state index in [2.05, 4.69) is 35.6 Å². The normalized spacial score (nSPS) is 17.1. The van der Waals surface area contributed by atoms with Gasteiger partial charge in [-0.1, -0.05) is 11.3 Å². The van der Waals surface area contributed by atoms with Gasteiger partial charge in [-0.15, -0.1) is 5.10 Å². The standard InChI is InChI=1S/C25H26N8O3/c1-33-22(14-29-25-27-11-9-20(30-25)19-4-2-3-10-26-19)23(31-32-33)21-8-7-18(13-28-21)36-15-16-5-6-17(12-16)24(34)35/h2-4,7-11,13,16-17H,5-6,12,14-15H2,1H3,(H,34,35)(H,27,29,30). The highest BCUT2D eigenvalue weighted by Crippen LogP contribution is 2.31. The number of hydrogen-bond donors (Lipinski definition) is 2. The fourth-order valence-corrected chi connectivity index (χ4v) is 4.31. The second-order valence-corrected chi connectivity index (χ2v) is 8.75. The molecule has 1 fully saturated rings. The summed E-state index contributed by atoms with van der Waals surface area (Å²) in [6, 6.07) is 11.2. The molecule has 0 aromatic carbocycles. The fraction of sp³-hybridized carbons (Fsp3) is 0.320. The maximum absolute atomic E-state index is 11.1. The Balaban J connectivity index is 1.23. The van der Waals surface area contributed by atoms with Crippen LogP contribution in [0.4, 0.5) is 5.95 Å². The van der Waals surface area contributed by atoms with Crippen LogP contribution < -0.4 is 10.1 Å². The minimum atomic E-state index is -0.717. The van der Waals surface area contributed by atoms with Gasteiger partial charge in [0.15, 0.2) is 0 Å².